The lowest BCUT2D eigenvalue weighted by molar-refractivity contribution is 0.149. The van der Waals surface area contributed by atoms with E-state index in [2.05, 4.69) is 45.5 Å². The van der Waals surface area contributed by atoms with E-state index in [4.69, 9.17) is 0 Å². The molecule has 2 aliphatic rings. The topological polar surface area (TPSA) is 54.2 Å². The first kappa shape index (κ1) is 13.9. The van der Waals surface area contributed by atoms with Gasteiger partial charge >= 0.3 is 0 Å². The number of aliphatic hydroxyl groups excluding tert-OH is 1. The standard InChI is InChI=1S/C17H22N4O/c22-17(14-6-7-14)16-12-21(19-18-16)15-8-9-20(11-15)10-13-4-2-1-3-5-13/h1-5,12,14-15,17,22H,6-11H2. The summed E-state index contributed by atoms with van der Waals surface area (Å²) in [6.45, 7) is 3.07. The monoisotopic (exact) mass is 298 g/mol. The third-order valence-corrected chi connectivity index (χ3v) is 4.77. The minimum atomic E-state index is -0.421. The first-order valence-electron chi connectivity index (χ1n) is 8.15. The Morgan fingerprint density at radius 3 is 2.77 bits per heavy atom. The summed E-state index contributed by atoms with van der Waals surface area (Å²) in [5.74, 6) is 0.406. The molecule has 1 saturated carbocycles. The van der Waals surface area contributed by atoms with E-state index in [0.717, 1.165) is 44.6 Å². The Kier molecular flexibility index (Phi) is 3.68. The number of hydrogen-bond acceptors (Lipinski definition) is 4. The van der Waals surface area contributed by atoms with Crippen LogP contribution in [0.3, 0.4) is 0 Å². The summed E-state index contributed by atoms with van der Waals surface area (Å²) in [5.41, 5.74) is 2.09. The van der Waals surface area contributed by atoms with E-state index in [0.29, 0.717) is 12.0 Å². The van der Waals surface area contributed by atoms with E-state index in [1.165, 1.54) is 5.56 Å². The molecule has 0 spiro atoms. The molecule has 1 aromatic heterocycles. The SMILES string of the molecule is OC(c1cn(C2CCN(Cc3ccccc3)C2)nn1)C1CC1. The third-order valence-electron chi connectivity index (χ3n) is 4.77. The van der Waals surface area contributed by atoms with Gasteiger partial charge in [0.1, 0.15) is 11.8 Å². The van der Waals surface area contributed by atoms with E-state index < -0.39 is 6.10 Å². The maximum Gasteiger partial charge on any atom is 0.111 e. The Morgan fingerprint density at radius 2 is 2.00 bits per heavy atom. The van der Waals surface area contributed by atoms with E-state index in [1.54, 1.807) is 0 Å². The van der Waals surface area contributed by atoms with E-state index >= 15 is 0 Å². The van der Waals surface area contributed by atoms with Crippen molar-refractivity contribution in [3.63, 3.8) is 0 Å². The summed E-state index contributed by atoms with van der Waals surface area (Å²) < 4.78 is 1.95. The van der Waals surface area contributed by atoms with Crippen molar-refractivity contribution in [1.29, 1.82) is 0 Å². The van der Waals surface area contributed by atoms with Gasteiger partial charge in [-0.3, -0.25) is 4.90 Å². The Bertz CT molecular complexity index is 623. The summed E-state index contributed by atoms with van der Waals surface area (Å²) in [6.07, 6.45) is 4.84. The second-order valence-electron chi connectivity index (χ2n) is 6.57. The highest BCUT2D eigenvalue weighted by atomic mass is 16.3. The number of hydrogen-bond donors (Lipinski definition) is 1. The fourth-order valence-electron chi connectivity index (χ4n) is 3.27. The first-order chi connectivity index (χ1) is 10.8. The molecular formula is C17H22N4O. The van der Waals surface area contributed by atoms with Crippen LogP contribution in [0.25, 0.3) is 0 Å². The average molecular weight is 298 g/mol. The summed E-state index contributed by atoms with van der Waals surface area (Å²) >= 11 is 0. The number of nitrogens with zero attached hydrogens (tertiary/aromatic N) is 4. The van der Waals surface area contributed by atoms with Crippen molar-refractivity contribution in [2.75, 3.05) is 13.1 Å². The Hall–Kier alpha value is -1.72. The number of rotatable bonds is 5. The van der Waals surface area contributed by atoms with Gasteiger partial charge in [0.2, 0.25) is 0 Å². The van der Waals surface area contributed by atoms with Crippen LogP contribution < -0.4 is 0 Å². The first-order valence-corrected chi connectivity index (χ1v) is 8.15. The molecule has 1 aliphatic carbocycles. The molecule has 4 rings (SSSR count). The van der Waals surface area contributed by atoms with Gasteiger partial charge in [-0.05, 0) is 30.7 Å². The lowest BCUT2D eigenvalue weighted by Crippen LogP contribution is -2.21. The molecule has 0 radical (unpaired) electrons. The molecule has 1 aromatic carbocycles. The van der Waals surface area contributed by atoms with Gasteiger partial charge in [-0.1, -0.05) is 35.5 Å². The molecule has 2 atom stereocenters. The highest BCUT2D eigenvalue weighted by Gasteiger charge is 2.33. The van der Waals surface area contributed by atoms with Crippen LogP contribution in [0.1, 0.15) is 42.7 Å². The van der Waals surface area contributed by atoms with E-state index in [-0.39, 0.29) is 0 Å². The maximum atomic E-state index is 10.1. The molecule has 1 aliphatic heterocycles. The van der Waals surface area contributed by atoms with Crippen LogP contribution in [0, 0.1) is 5.92 Å². The van der Waals surface area contributed by atoms with Crippen LogP contribution in [0.15, 0.2) is 36.5 Å². The minimum absolute atomic E-state index is 0.372. The predicted molar refractivity (Wildman–Crippen MR) is 83.1 cm³/mol. The van der Waals surface area contributed by atoms with Crippen molar-refractivity contribution in [2.45, 2.75) is 38.0 Å². The summed E-state index contributed by atoms with van der Waals surface area (Å²) in [5, 5.41) is 18.6. The molecule has 2 fully saturated rings. The number of likely N-dealkylation sites (tertiary alicyclic amines) is 1. The highest BCUT2D eigenvalue weighted by Crippen LogP contribution is 2.40. The lowest BCUT2D eigenvalue weighted by atomic mass is 10.2. The molecule has 116 valence electrons. The van der Waals surface area contributed by atoms with Gasteiger partial charge in [0.25, 0.3) is 0 Å². The fraction of sp³-hybridized carbons (Fsp3) is 0.529. The Balaban J connectivity index is 1.38. The molecule has 2 unspecified atom stereocenters. The van der Waals surface area contributed by atoms with E-state index in [9.17, 15) is 5.11 Å². The van der Waals surface area contributed by atoms with Crippen molar-refractivity contribution >= 4 is 0 Å². The van der Waals surface area contributed by atoms with Gasteiger partial charge < -0.3 is 5.11 Å². The van der Waals surface area contributed by atoms with Gasteiger partial charge in [-0.2, -0.15) is 0 Å². The molecule has 1 saturated heterocycles. The molecule has 5 nitrogen and oxygen atoms in total. The minimum Gasteiger partial charge on any atom is -0.386 e. The zero-order valence-electron chi connectivity index (χ0n) is 12.7. The van der Waals surface area contributed by atoms with Gasteiger partial charge in [0, 0.05) is 19.6 Å². The molecular weight excluding hydrogens is 276 g/mol. The molecule has 22 heavy (non-hydrogen) atoms. The fourth-order valence-corrected chi connectivity index (χ4v) is 3.27. The molecule has 2 aromatic rings. The summed E-state index contributed by atoms with van der Waals surface area (Å²) in [6, 6.07) is 11.0. The molecule has 5 heteroatoms. The normalized spacial score (nSPS) is 23.8. The molecule has 0 bridgehead atoms. The van der Waals surface area contributed by atoms with Gasteiger partial charge in [-0.15, -0.1) is 5.10 Å². The zero-order chi connectivity index (χ0) is 14.9. The van der Waals surface area contributed by atoms with Gasteiger partial charge in [0.15, 0.2) is 0 Å². The second kappa shape index (κ2) is 5.82. The highest BCUT2D eigenvalue weighted by molar-refractivity contribution is 5.14. The van der Waals surface area contributed by atoms with Gasteiger partial charge in [0.05, 0.1) is 12.2 Å². The van der Waals surface area contributed by atoms with Crippen molar-refractivity contribution in [2.24, 2.45) is 5.92 Å². The number of benzene rings is 1. The van der Waals surface area contributed by atoms with Crippen LogP contribution in [0.2, 0.25) is 0 Å². The van der Waals surface area contributed by atoms with E-state index in [1.807, 2.05) is 10.9 Å². The van der Waals surface area contributed by atoms with Crippen LogP contribution in [-0.2, 0) is 6.54 Å². The Labute approximate surface area is 130 Å². The Morgan fingerprint density at radius 1 is 1.18 bits per heavy atom. The van der Waals surface area contributed by atoms with Crippen LogP contribution in [0.5, 0.6) is 0 Å². The largest absolute Gasteiger partial charge is 0.386 e. The van der Waals surface area contributed by atoms with Crippen molar-refractivity contribution < 1.29 is 5.11 Å². The van der Waals surface area contributed by atoms with Gasteiger partial charge in [-0.25, -0.2) is 4.68 Å². The van der Waals surface area contributed by atoms with Crippen LogP contribution >= 0.6 is 0 Å². The quantitative estimate of drug-likeness (QED) is 0.919. The number of aromatic nitrogens is 3. The van der Waals surface area contributed by atoms with Crippen molar-refractivity contribution in [3.8, 4) is 0 Å². The maximum absolute atomic E-state index is 10.1. The number of aliphatic hydroxyl groups is 1. The molecule has 1 N–H and O–H groups in total. The zero-order valence-corrected chi connectivity index (χ0v) is 12.7. The predicted octanol–water partition coefficient (Wildman–Crippen LogP) is 2.17. The summed E-state index contributed by atoms with van der Waals surface area (Å²) in [4.78, 5) is 2.46. The molecule has 2 heterocycles. The van der Waals surface area contributed by atoms with Crippen molar-refractivity contribution in [1.82, 2.24) is 19.9 Å². The lowest BCUT2D eigenvalue weighted by Gasteiger charge is -2.15. The smallest absolute Gasteiger partial charge is 0.111 e. The van der Waals surface area contributed by atoms with Crippen LogP contribution in [-0.4, -0.2) is 38.1 Å². The summed E-state index contributed by atoms with van der Waals surface area (Å²) in [7, 11) is 0. The van der Waals surface area contributed by atoms with Crippen molar-refractivity contribution in [3.05, 3.63) is 47.8 Å². The van der Waals surface area contributed by atoms with Crippen LogP contribution in [0.4, 0.5) is 0 Å². The second-order valence-corrected chi connectivity index (χ2v) is 6.57. The molecule has 0 amide bonds. The third kappa shape index (κ3) is 2.91. The average Bonchev–Trinajstić information content (AvgIpc) is 3.09.